The molecular formula is C5H10BrN3O2. The molecule has 0 aliphatic heterocycles. The van der Waals surface area contributed by atoms with Crippen molar-refractivity contribution < 1.29 is 9.15 Å². The monoisotopic (exact) mass is 223 g/mol. The number of nitrogens with one attached hydrogen (secondary N) is 1. The normalized spacial score (nSPS) is 9.27. The molecule has 0 fully saturated rings. The van der Waals surface area contributed by atoms with E-state index in [0.717, 1.165) is 0 Å². The molecule has 0 spiro atoms. The molecule has 0 atom stereocenters. The van der Waals surface area contributed by atoms with Crippen LogP contribution in [0.15, 0.2) is 4.42 Å². The maximum atomic E-state index is 7.15. The van der Waals surface area contributed by atoms with Crippen LogP contribution in [0.25, 0.3) is 0 Å². The topological polar surface area (TPSA) is 64.0 Å². The zero-order valence-electron chi connectivity index (χ0n) is 6.33. The molecule has 0 bridgehead atoms. The molecule has 0 amide bonds. The molecule has 0 aliphatic carbocycles. The third kappa shape index (κ3) is 2.47. The fourth-order valence-corrected chi connectivity index (χ4v) is 0.638. The number of ether oxygens (including phenoxy) is 1. The molecule has 1 aromatic rings. The molecule has 1 rings (SSSR count). The Balaban J connectivity index is 0.000001000. The van der Waals surface area contributed by atoms with Crippen LogP contribution >= 0.6 is 17.0 Å². The number of methoxy groups -OCH3 is 1. The summed E-state index contributed by atoms with van der Waals surface area (Å²) in [7, 11) is 1.54. The molecule has 11 heavy (non-hydrogen) atoms. The molecule has 1 N–H and O–H groups in total. The zero-order chi connectivity index (χ0) is 7.56. The van der Waals surface area contributed by atoms with Crippen molar-refractivity contribution >= 4 is 17.0 Å². The van der Waals surface area contributed by atoms with E-state index in [9.17, 15) is 0 Å². The first-order chi connectivity index (χ1) is 4.74. The number of rotatable bonds is 2. The molecule has 64 valence electrons. The second kappa shape index (κ2) is 4.30. The van der Waals surface area contributed by atoms with Gasteiger partial charge in [-0.15, -0.1) is 22.1 Å². The van der Waals surface area contributed by atoms with Crippen LogP contribution in [0.1, 0.15) is 5.89 Å². The molecule has 6 heteroatoms. The average molecular weight is 224 g/mol. The summed E-state index contributed by atoms with van der Waals surface area (Å²) in [4.78, 5) is 0. The Morgan fingerprint density at radius 1 is 1.73 bits per heavy atom. The Labute approximate surface area is 74.2 Å². The lowest BCUT2D eigenvalue weighted by Gasteiger charge is -1.92. The highest BCUT2D eigenvalue weighted by Crippen LogP contribution is 1.84. The van der Waals surface area contributed by atoms with Gasteiger partial charge in [-0.05, 0) is 0 Å². The van der Waals surface area contributed by atoms with Crippen molar-refractivity contribution in [1.29, 1.82) is 5.41 Å². The number of halogens is 1. The van der Waals surface area contributed by atoms with Gasteiger partial charge in [0, 0.05) is 14.0 Å². The second-order valence-corrected chi connectivity index (χ2v) is 1.84. The number of aryl methyl sites for hydroxylation is 1. The van der Waals surface area contributed by atoms with Crippen LogP contribution in [-0.2, 0) is 11.5 Å². The summed E-state index contributed by atoms with van der Waals surface area (Å²) in [5.41, 5.74) is 0.0133. The Hall–Kier alpha value is -0.620. The zero-order valence-corrected chi connectivity index (χ0v) is 8.04. The third-order valence-electron chi connectivity index (χ3n) is 0.992. The number of aromatic nitrogens is 2. The van der Waals surface area contributed by atoms with Gasteiger partial charge in [-0.3, -0.25) is 0 Å². The van der Waals surface area contributed by atoms with Crippen LogP contribution in [0.5, 0.6) is 0 Å². The fraction of sp³-hybridized carbons (Fsp3) is 0.600. The van der Waals surface area contributed by atoms with Crippen LogP contribution in [0.2, 0.25) is 0 Å². The van der Waals surface area contributed by atoms with Crippen molar-refractivity contribution in [2.45, 2.75) is 13.7 Å². The van der Waals surface area contributed by atoms with Crippen LogP contribution in [0, 0.1) is 12.3 Å². The van der Waals surface area contributed by atoms with Crippen molar-refractivity contribution in [1.82, 2.24) is 9.78 Å². The Morgan fingerprint density at radius 2 is 2.36 bits per heavy atom. The van der Waals surface area contributed by atoms with Gasteiger partial charge in [0.1, 0.15) is 6.73 Å². The summed E-state index contributed by atoms with van der Waals surface area (Å²) >= 11 is 0. The van der Waals surface area contributed by atoms with Gasteiger partial charge >= 0.3 is 5.68 Å². The van der Waals surface area contributed by atoms with Gasteiger partial charge in [-0.25, -0.2) is 5.41 Å². The highest BCUT2D eigenvalue weighted by atomic mass is 79.9. The van der Waals surface area contributed by atoms with E-state index < -0.39 is 0 Å². The molecule has 0 radical (unpaired) electrons. The van der Waals surface area contributed by atoms with Crippen molar-refractivity contribution in [2.24, 2.45) is 0 Å². The van der Waals surface area contributed by atoms with Crippen molar-refractivity contribution in [3.8, 4) is 0 Å². The first-order valence-electron chi connectivity index (χ1n) is 2.82. The van der Waals surface area contributed by atoms with E-state index in [1.165, 1.54) is 11.8 Å². The van der Waals surface area contributed by atoms with Gasteiger partial charge in [0.05, 0.1) is 0 Å². The average Bonchev–Trinajstić information content (AvgIpc) is 2.13. The molecule has 1 heterocycles. The first kappa shape index (κ1) is 10.4. The van der Waals surface area contributed by atoms with Crippen molar-refractivity contribution in [3.05, 3.63) is 11.6 Å². The summed E-state index contributed by atoms with van der Waals surface area (Å²) in [6.45, 7) is 1.94. The summed E-state index contributed by atoms with van der Waals surface area (Å²) in [6, 6.07) is 0. The van der Waals surface area contributed by atoms with E-state index in [1.54, 1.807) is 6.92 Å². The highest BCUT2D eigenvalue weighted by Gasteiger charge is 1.97. The summed E-state index contributed by atoms with van der Waals surface area (Å²) in [6.07, 6.45) is 0. The number of hydrogen-bond acceptors (Lipinski definition) is 4. The second-order valence-electron chi connectivity index (χ2n) is 1.84. The van der Waals surface area contributed by atoms with Crippen molar-refractivity contribution in [3.63, 3.8) is 0 Å². The fourth-order valence-electron chi connectivity index (χ4n) is 0.638. The molecule has 0 saturated carbocycles. The Bertz CT molecular complexity index is 267. The van der Waals surface area contributed by atoms with E-state index in [-0.39, 0.29) is 29.4 Å². The molecular weight excluding hydrogens is 214 g/mol. The number of nitrogens with zero attached hydrogens (tertiary/aromatic N) is 2. The van der Waals surface area contributed by atoms with Gasteiger partial charge in [0.25, 0.3) is 0 Å². The molecule has 5 nitrogen and oxygen atoms in total. The highest BCUT2D eigenvalue weighted by molar-refractivity contribution is 8.93. The maximum Gasteiger partial charge on any atom is 0.314 e. The molecule has 0 saturated heterocycles. The molecule has 0 aromatic carbocycles. The lowest BCUT2D eigenvalue weighted by Crippen LogP contribution is -2.16. The van der Waals surface area contributed by atoms with Crippen LogP contribution in [-0.4, -0.2) is 16.9 Å². The first-order valence-corrected chi connectivity index (χ1v) is 2.82. The largest absolute Gasteiger partial charge is 0.409 e. The molecule has 1 aromatic heterocycles. The number of hydrogen-bond donors (Lipinski definition) is 1. The van der Waals surface area contributed by atoms with Gasteiger partial charge in [-0.1, -0.05) is 0 Å². The SMILES string of the molecule is Br.COCn1nc(C)oc1=N. The maximum absolute atomic E-state index is 7.15. The molecule has 0 aliphatic rings. The van der Waals surface area contributed by atoms with Crippen molar-refractivity contribution in [2.75, 3.05) is 7.11 Å². The minimum absolute atomic E-state index is 0. The van der Waals surface area contributed by atoms with E-state index in [1.807, 2.05) is 0 Å². The lowest BCUT2D eigenvalue weighted by molar-refractivity contribution is 0.113. The van der Waals surface area contributed by atoms with Crippen LogP contribution in [0.3, 0.4) is 0 Å². The van der Waals surface area contributed by atoms with E-state index >= 15 is 0 Å². The Morgan fingerprint density at radius 3 is 2.73 bits per heavy atom. The summed E-state index contributed by atoms with van der Waals surface area (Å²) < 4.78 is 10.9. The quantitative estimate of drug-likeness (QED) is 0.792. The standard InChI is InChI=1S/C5H9N3O2.BrH/c1-4-7-8(3-9-2)5(6)10-4;/h6H,3H2,1-2H3;1H. The molecule has 0 unspecified atom stereocenters. The predicted molar refractivity (Wildman–Crippen MR) is 42.4 cm³/mol. The summed E-state index contributed by atoms with van der Waals surface area (Å²) in [5, 5.41) is 11.0. The predicted octanol–water partition coefficient (Wildman–Crippen LogP) is 0.446. The van der Waals surface area contributed by atoms with E-state index in [2.05, 4.69) is 5.10 Å². The minimum Gasteiger partial charge on any atom is -0.409 e. The van der Waals surface area contributed by atoms with E-state index in [0.29, 0.717) is 5.89 Å². The summed E-state index contributed by atoms with van der Waals surface area (Å²) in [5.74, 6) is 0.474. The van der Waals surface area contributed by atoms with Gasteiger partial charge in [-0.2, -0.15) is 4.68 Å². The van der Waals surface area contributed by atoms with Gasteiger partial charge in [0.2, 0.25) is 5.89 Å². The Kier molecular flexibility index (Phi) is 4.06. The van der Waals surface area contributed by atoms with Crippen LogP contribution in [0.4, 0.5) is 0 Å². The van der Waals surface area contributed by atoms with Crippen LogP contribution < -0.4 is 5.68 Å². The third-order valence-corrected chi connectivity index (χ3v) is 0.992. The lowest BCUT2D eigenvalue weighted by atomic mass is 10.8. The van der Waals surface area contributed by atoms with Gasteiger partial charge in [0.15, 0.2) is 0 Å². The van der Waals surface area contributed by atoms with Gasteiger partial charge < -0.3 is 9.15 Å². The van der Waals surface area contributed by atoms with E-state index in [4.69, 9.17) is 14.6 Å². The minimum atomic E-state index is 0. The smallest absolute Gasteiger partial charge is 0.314 e.